The maximum absolute atomic E-state index is 6.12. The summed E-state index contributed by atoms with van der Waals surface area (Å²) in [5.41, 5.74) is 1.45. The Morgan fingerprint density at radius 2 is 1.94 bits per heavy atom. The van der Waals surface area contributed by atoms with Crippen molar-refractivity contribution >= 4 is 33.0 Å². The van der Waals surface area contributed by atoms with Crippen LogP contribution >= 0.6 is 22.9 Å². The lowest BCUT2D eigenvalue weighted by molar-refractivity contribution is 0.590. The van der Waals surface area contributed by atoms with Crippen LogP contribution in [0.3, 0.4) is 0 Å². The minimum absolute atomic E-state index is 0.513. The van der Waals surface area contributed by atoms with E-state index in [0.717, 1.165) is 11.6 Å². The van der Waals surface area contributed by atoms with Crippen LogP contribution in [0, 0.1) is 0 Å². The molecule has 0 spiro atoms. The van der Waals surface area contributed by atoms with E-state index in [1.807, 2.05) is 17.4 Å². The number of rotatable bonds is 4. The molecule has 0 amide bonds. The van der Waals surface area contributed by atoms with Crippen LogP contribution in [-0.4, -0.2) is 6.04 Å². The molecule has 0 aliphatic heterocycles. The summed E-state index contributed by atoms with van der Waals surface area (Å²) in [6.45, 7) is 9.81. The lowest BCUT2D eigenvalue weighted by Gasteiger charge is -2.11. The Morgan fingerprint density at radius 1 is 1.22 bits per heavy atom. The fourth-order valence-electron chi connectivity index (χ4n) is 2.20. The van der Waals surface area contributed by atoms with Crippen molar-refractivity contribution < 1.29 is 0 Å². The van der Waals surface area contributed by atoms with Crippen molar-refractivity contribution in [2.45, 2.75) is 46.2 Å². The maximum Gasteiger partial charge on any atom is 0.0413 e. The summed E-state index contributed by atoms with van der Waals surface area (Å²) in [4.78, 5) is 1.44. The summed E-state index contributed by atoms with van der Waals surface area (Å²) < 4.78 is 1.34. The molecule has 0 aliphatic carbocycles. The van der Waals surface area contributed by atoms with E-state index in [-0.39, 0.29) is 0 Å². The maximum atomic E-state index is 6.12. The Labute approximate surface area is 118 Å². The first-order chi connectivity index (χ1) is 8.49. The van der Waals surface area contributed by atoms with E-state index in [0.29, 0.717) is 12.0 Å². The van der Waals surface area contributed by atoms with Crippen LogP contribution in [0.2, 0.25) is 5.02 Å². The van der Waals surface area contributed by atoms with Gasteiger partial charge in [-0.25, -0.2) is 0 Å². The summed E-state index contributed by atoms with van der Waals surface area (Å²) >= 11 is 8.00. The second-order valence-electron chi connectivity index (χ2n) is 5.27. The zero-order chi connectivity index (χ0) is 13.3. The lowest BCUT2D eigenvalue weighted by Crippen LogP contribution is -2.21. The van der Waals surface area contributed by atoms with Gasteiger partial charge in [-0.3, -0.25) is 0 Å². The van der Waals surface area contributed by atoms with Crippen molar-refractivity contribution in [3.63, 3.8) is 0 Å². The predicted octanol–water partition coefficient (Wildman–Crippen LogP) is 5.18. The van der Waals surface area contributed by atoms with E-state index in [9.17, 15) is 0 Å². The van der Waals surface area contributed by atoms with Crippen LogP contribution in [0.25, 0.3) is 10.1 Å². The number of fused-ring (bicyclic) bond motifs is 1. The molecule has 0 saturated carbocycles. The van der Waals surface area contributed by atoms with Crippen molar-refractivity contribution in [1.29, 1.82) is 0 Å². The highest BCUT2D eigenvalue weighted by molar-refractivity contribution is 7.19. The zero-order valence-corrected chi connectivity index (χ0v) is 13.0. The molecule has 0 saturated heterocycles. The molecule has 18 heavy (non-hydrogen) atoms. The molecule has 0 bridgehead atoms. The molecule has 1 nitrogen and oxygen atoms in total. The van der Waals surface area contributed by atoms with Gasteiger partial charge < -0.3 is 5.32 Å². The molecule has 1 aromatic carbocycles. The van der Waals surface area contributed by atoms with Crippen LogP contribution in [0.4, 0.5) is 0 Å². The Morgan fingerprint density at radius 3 is 2.56 bits per heavy atom. The third-order valence-corrected chi connectivity index (χ3v) is 4.44. The fourth-order valence-corrected chi connectivity index (χ4v) is 3.66. The molecule has 1 N–H and O–H groups in total. The standard InChI is InChI=1S/C15H20ClNS/c1-9(2)15-12-7-11(16)5-6-13(12)18-14(15)8-17-10(3)4/h5-7,9-10,17H,8H2,1-4H3. The van der Waals surface area contributed by atoms with Crippen LogP contribution in [-0.2, 0) is 6.54 Å². The van der Waals surface area contributed by atoms with Gasteiger partial charge in [0, 0.05) is 27.2 Å². The largest absolute Gasteiger partial charge is 0.310 e. The number of thiophene rings is 1. The topological polar surface area (TPSA) is 12.0 Å². The van der Waals surface area contributed by atoms with Gasteiger partial charge in [0.15, 0.2) is 0 Å². The zero-order valence-electron chi connectivity index (χ0n) is 11.4. The Balaban J connectivity index is 2.48. The molecule has 0 radical (unpaired) electrons. The average molecular weight is 282 g/mol. The molecule has 1 heterocycles. The molecule has 1 aromatic heterocycles. The van der Waals surface area contributed by atoms with Gasteiger partial charge >= 0.3 is 0 Å². The van der Waals surface area contributed by atoms with Crippen LogP contribution in [0.5, 0.6) is 0 Å². The average Bonchev–Trinajstić information content (AvgIpc) is 2.63. The molecule has 98 valence electrons. The number of hydrogen-bond acceptors (Lipinski definition) is 2. The number of hydrogen-bond donors (Lipinski definition) is 1. The predicted molar refractivity (Wildman–Crippen MR) is 82.9 cm³/mol. The molecule has 2 rings (SSSR count). The second-order valence-corrected chi connectivity index (χ2v) is 6.84. The van der Waals surface area contributed by atoms with Crippen LogP contribution in [0.15, 0.2) is 18.2 Å². The van der Waals surface area contributed by atoms with Gasteiger partial charge in [0.1, 0.15) is 0 Å². The van der Waals surface area contributed by atoms with E-state index >= 15 is 0 Å². The van der Waals surface area contributed by atoms with Crippen LogP contribution < -0.4 is 5.32 Å². The molecular weight excluding hydrogens is 262 g/mol. The molecule has 2 aromatic rings. The molecule has 0 unspecified atom stereocenters. The Hall–Kier alpha value is -0.570. The third kappa shape index (κ3) is 2.87. The molecule has 0 aliphatic rings. The Kier molecular flexibility index (Phi) is 4.31. The van der Waals surface area contributed by atoms with E-state index in [2.05, 4.69) is 45.1 Å². The number of halogens is 1. The van der Waals surface area contributed by atoms with Gasteiger partial charge in [-0.05, 0) is 35.1 Å². The highest BCUT2D eigenvalue weighted by Crippen LogP contribution is 2.37. The summed E-state index contributed by atoms with van der Waals surface area (Å²) in [5.74, 6) is 0.529. The van der Waals surface area contributed by atoms with Gasteiger partial charge in [-0.15, -0.1) is 11.3 Å². The minimum Gasteiger partial charge on any atom is -0.310 e. The smallest absolute Gasteiger partial charge is 0.0413 e. The van der Waals surface area contributed by atoms with Crippen molar-refractivity contribution in [2.24, 2.45) is 0 Å². The molecule has 0 fully saturated rings. The van der Waals surface area contributed by atoms with E-state index in [4.69, 9.17) is 11.6 Å². The van der Waals surface area contributed by atoms with Gasteiger partial charge in [-0.1, -0.05) is 39.3 Å². The first-order valence-electron chi connectivity index (χ1n) is 6.43. The van der Waals surface area contributed by atoms with Crippen molar-refractivity contribution in [1.82, 2.24) is 5.32 Å². The summed E-state index contributed by atoms with van der Waals surface area (Å²) in [5, 5.41) is 5.66. The van der Waals surface area contributed by atoms with E-state index < -0.39 is 0 Å². The van der Waals surface area contributed by atoms with Gasteiger partial charge in [0.25, 0.3) is 0 Å². The van der Waals surface area contributed by atoms with Crippen molar-refractivity contribution in [3.8, 4) is 0 Å². The first-order valence-corrected chi connectivity index (χ1v) is 7.62. The summed E-state index contributed by atoms with van der Waals surface area (Å²) in [7, 11) is 0. The molecular formula is C15H20ClNS. The number of benzene rings is 1. The SMILES string of the molecule is CC(C)NCc1sc2ccc(Cl)cc2c1C(C)C. The Bertz CT molecular complexity index is 543. The normalized spacial score (nSPS) is 11.9. The van der Waals surface area contributed by atoms with E-state index in [1.54, 1.807) is 0 Å². The lowest BCUT2D eigenvalue weighted by atomic mass is 9.99. The third-order valence-electron chi connectivity index (χ3n) is 3.01. The summed E-state index contributed by atoms with van der Waals surface area (Å²) in [6, 6.07) is 6.72. The first kappa shape index (κ1) is 13.9. The molecule has 3 heteroatoms. The van der Waals surface area contributed by atoms with Crippen molar-refractivity contribution in [3.05, 3.63) is 33.7 Å². The molecule has 0 atom stereocenters. The van der Waals surface area contributed by atoms with Crippen molar-refractivity contribution in [2.75, 3.05) is 0 Å². The highest BCUT2D eigenvalue weighted by atomic mass is 35.5. The highest BCUT2D eigenvalue weighted by Gasteiger charge is 2.15. The van der Waals surface area contributed by atoms with Crippen LogP contribution in [0.1, 0.15) is 44.1 Å². The monoisotopic (exact) mass is 281 g/mol. The quantitative estimate of drug-likeness (QED) is 0.814. The van der Waals surface area contributed by atoms with Gasteiger partial charge in [-0.2, -0.15) is 0 Å². The second kappa shape index (κ2) is 5.60. The van der Waals surface area contributed by atoms with E-state index in [1.165, 1.54) is 20.5 Å². The summed E-state index contributed by atoms with van der Waals surface area (Å²) in [6.07, 6.45) is 0. The fraction of sp³-hybridized carbons (Fsp3) is 0.467. The number of nitrogens with one attached hydrogen (secondary N) is 1. The minimum atomic E-state index is 0.513. The van der Waals surface area contributed by atoms with Gasteiger partial charge in [0.05, 0.1) is 0 Å². The van der Waals surface area contributed by atoms with Gasteiger partial charge in [0.2, 0.25) is 0 Å².